The minimum Gasteiger partial charge on any atom is -0.327 e. The van der Waals surface area contributed by atoms with Gasteiger partial charge in [0.2, 0.25) is 0 Å². The molecule has 3 unspecified atom stereocenters. The summed E-state index contributed by atoms with van der Waals surface area (Å²) >= 11 is 6.00. The zero-order chi connectivity index (χ0) is 12.7. The van der Waals surface area contributed by atoms with Crippen molar-refractivity contribution in [3.63, 3.8) is 0 Å². The molecule has 0 radical (unpaired) electrons. The van der Waals surface area contributed by atoms with Crippen LogP contribution in [0.5, 0.6) is 0 Å². The molecule has 0 aromatic heterocycles. The molecular weight excluding hydrogens is 244 g/mol. The maximum Gasteiger partial charge on any atom is 0.0408 e. The lowest BCUT2D eigenvalue weighted by Gasteiger charge is -2.19. The molecular formula is C15H21ClN2. The number of hydrogen-bond acceptors (Lipinski definition) is 2. The van der Waals surface area contributed by atoms with Gasteiger partial charge in [-0.2, -0.15) is 0 Å². The minimum atomic E-state index is 0.436. The smallest absolute Gasteiger partial charge is 0.0408 e. The van der Waals surface area contributed by atoms with Gasteiger partial charge in [0.25, 0.3) is 0 Å². The van der Waals surface area contributed by atoms with Crippen molar-refractivity contribution in [3.8, 4) is 0 Å². The van der Waals surface area contributed by atoms with Gasteiger partial charge in [0.05, 0.1) is 0 Å². The Kier molecular flexibility index (Phi) is 3.35. The van der Waals surface area contributed by atoms with Gasteiger partial charge < -0.3 is 5.73 Å². The molecule has 2 N–H and O–H groups in total. The van der Waals surface area contributed by atoms with E-state index in [-0.39, 0.29) is 0 Å². The Bertz CT molecular complexity index is 446. The normalized spacial score (nSPS) is 31.8. The lowest BCUT2D eigenvalue weighted by Crippen LogP contribution is -2.30. The maximum absolute atomic E-state index is 6.18. The van der Waals surface area contributed by atoms with E-state index in [9.17, 15) is 0 Å². The molecule has 1 heterocycles. The number of nitrogens with zero attached hydrogens (tertiary/aromatic N) is 1. The second kappa shape index (κ2) is 4.84. The molecule has 1 saturated heterocycles. The first-order valence-electron chi connectivity index (χ1n) is 6.86. The number of likely N-dealkylation sites (tertiary alicyclic amines) is 1. The molecule has 3 rings (SSSR count). The highest BCUT2D eigenvalue weighted by atomic mass is 35.5. The van der Waals surface area contributed by atoms with Crippen LogP contribution in [-0.4, -0.2) is 24.0 Å². The van der Waals surface area contributed by atoms with Gasteiger partial charge in [0.15, 0.2) is 0 Å². The summed E-state index contributed by atoms with van der Waals surface area (Å²) in [5, 5.41) is 0.830. The van der Waals surface area contributed by atoms with E-state index in [2.05, 4.69) is 24.0 Å². The molecule has 0 amide bonds. The summed E-state index contributed by atoms with van der Waals surface area (Å²) in [5.74, 6) is 1.57. The molecule has 3 atom stereocenters. The van der Waals surface area contributed by atoms with Crippen molar-refractivity contribution in [2.24, 2.45) is 17.6 Å². The first-order chi connectivity index (χ1) is 8.63. The fourth-order valence-corrected chi connectivity index (χ4v) is 3.83. The largest absolute Gasteiger partial charge is 0.327 e. The monoisotopic (exact) mass is 264 g/mol. The summed E-state index contributed by atoms with van der Waals surface area (Å²) in [6, 6.07) is 6.64. The van der Waals surface area contributed by atoms with Crippen LogP contribution in [0.2, 0.25) is 5.02 Å². The summed E-state index contributed by atoms with van der Waals surface area (Å²) in [6.07, 6.45) is 2.55. The summed E-state index contributed by atoms with van der Waals surface area (Å²) in [4.78, 5) is 2.56. The third-order valence-electron chi connectivity index (χ3n) is 4.69. The Labute approximate surface area is 114 Å². The van der Waals surface area contributed by atoms with Gasteiger partial charge in [-0.05, 0) is 54.9 Å². The Morgan fingerprint density at radius 3 is 2.89 bits per heavy atom. The van der Waals surface area contributed by atoms with Crippen molar-refractivity contribution >= 4 is 11.6 Å². The molecule has 2 nitrogen and oxygen atoms in total. The first-order valence-corrected chi connectivity index (χ1v) is 7.24. The van der Waals surface area contributed by atoms with E-state index in [0.717, 1.165) is 23.4 Å². The van der Waals surface area contributed by atoms with E-state index in [1.807, 2.05) is 6.07 Å². The summed E-state index contributed by atoms with van der Waals surface area (Å²) in [7, 11) is 0. The SMILES string of the molecule is Cc1cc(Cl)ccc1CN1CC2CCC(N)C2C1. The summed E-state index contributed by atoms with van der Waals surface area (Å²) < 4.78 is 0. The Morgan fingerprint density at radius 2 is 2.17 bits per heavy atom. The van der Waals surface area contributed by atoms with Crippen LogP contribution in [-0.2, 0) is 6.54 Å². The van der Waals surface area contributed by atoms with Crippen LogP contribution in [0.15, 0.2) is 18.2 Å². The predicted molar refractivity (Wildman–Crippen MR) is 75.7 cm³/mol. The second-order valence-electron chi connectivity index (χ2n) is 5.93. The molecule has 0 bridgehead atoms. The molecule has 2 aliphatic rings. The van der Waals surface area contributed by atoms with Gasteiger partial charge in [-0.25, -0.2) is 0 Å². The summed E-state index contributed by atoms with van der Waals surface area (Å²) in [5.41, 5.74) is 8.87. The highest BCUT2D eigenvalue weighted by molar-refractivity contribution is 6.30. The number of halogens is 1. The minimum absolute atomic E-state index is 0.436. The van der Waals surface area contributed by atoms with Crippen molar-refractivity contribution in [1.29, 1.82) is 0 Å². The van der Waals surface area contributed by atoms with Crippen LogP contribution in [0.3, 0.4) is 0 Å². The molecule has 1 aromatic rings. The second-order valence-corrected chi connectivity index (χ2v) is 6.37. The Morgan fingerprint density at radius 1 is 1.33 bits per heavy atom. The standard InChI is InChI=1S/C15H21ClN2/c1-10-6-13(16)4-2-11(10)7-18-8-12-3-5-15(17)14(12)9-18/h2,4,6,12,14-15H,3,5,7-9,17H2,1H3. The molecule has 98 valence electrons. The van der Waals surface area contributed by atoms with Crippen LogP contribution in [0.25, 0.3) is 0 Å². The fraction of sp³-hybridized carbons (Fsp3) is 0.600. The third-order valence-corrected chi connectivity index (χ3v) is 4.92. The van der Waals surface area contributed by atoms with Gasteiger partial charge in [0.1, 0.15) is 0 Å². The van der Waals surface area contributed by atoms with Crippen molar-refractivity contribution in [3.05, 3.63) is 34.3 Å². The van der Waals surface area contributed by atoms with Crippen molar-refractivity contribution in [2.75, 3.05) is 13.1 Å². The topological polar surface area (TPSA) is 29.3 Å². The predicted octanol–water partition coefficient (Wildman–Crippen LogP) is 2.82. The average molecular weight is 265 g/mol. The van der Waals surface area contributed by atoms with Gasteiger partial charge in [-0.1, -0.05) is 17.7 Å². The van der Waals surface area contributed by atoms with Crippen molar-refractivity contribution in [1.82, 2.24) is 4.90 Å². The van der Waals surface area contributed by atoms with Crippen LogP contribution in [0.1, 0.15) is 24.0 Å². The average Bonchev–Trinajstić information content (AvgIpc) is 2.86. The van der Waals surface area contributed by atoms with E-state index in [1.54, 1.807) is 0 Å². The number of aryl methyl sites for hydroxylation is 1. The lowest BCUT2D eigenvalue weighted by molar-refractivity contribution is 0.297. The molecule has 18 heavy (non-hydrogen) atoms. The molecule has 1 aliphatic heterocycles. The molecule has 1 saturated carbocycles. The molecule has 3 heteroatoms. The van der Waals surface area contributed by atoms with Gasteiger partial charge >= 0.3 is 0 Å². The molecule has 1 aromatic carbocycles. The molecule has 1 aliphatic carbocycles. The Balaban J connectivity index is 1.68. The van der Waals surface area contributed by atoms with E-state index < -0.39 is 0 Å². The fourth-order valence-electron chi connectivity index (χ4n) is 3.61. The number of fused-ring (bicyclic) bond motifs is 1. The van der Waals surface area contributed by atoms with Gasteiger partial charge in [-0.15, -0.1) is 0 Å². The first kappa shape index (κ1) is 12.5. The van der Waals surface area contributed by atoms with Crippen LogP contribution >= 0.6 is 11.6 Å². The summed E-state index contributed by atoms with van der Waals surface area (Å²) in [6.45, 7) is 5.58. The maximum atomic E-state index is 6.18. The van der Waals surface area contributed by atoms with E-state index >= 15 is 0 Å². The highest BCUT2D eigenvalue weighted by Gasteiger charge is 2.40. The number of hydrogen-bond donors (Lipinski definition) is 1. The number of nitrogens with two attached hydrogens (primary N) is 1. The lowest BCUT2D eigenvalue weighted by atomic mass is 9.98. The van der Waals surface area contributed by atoms with Gasteiger partial charge in [0, 0.05) is 30.7 Å². The zero-order valence-electron chi connectivity index (χ0n) is 10.9. The third kappa shape index (κ3) is 2.29. The van der Waals surface area contributed by atoms with Crippen LogP contribution in [0.4, 0.5) is 0 Å². The molecule has 2 fully saturated rings. The van der Waals surface area contributed by atoms with Crippen molar-refractivity contribution in [2.45, 2.75) is 32.4 Å². The zero-order valence-corrected chi connectivity index (χ0v) is 11.7. The van der Waals surface area contributed by atoms with Crippen LogP contribution in [0, 0.1) is 18.8 Å². The highest BCUT2D eigenvalue weighted by Crippen LogP contribution is 2.37. The van der Waals surface area contributed by atoms with E-state index in [0.29, 0.717) is 6.04 Å². The van der Waals surface area contributed by atoms with E-state index in [4.69, 9.17) is 17.3 Å². The quantitative estimate of drug-likeness (QED) is 0.890. The van der Waals surface area contributed by atoms with Crippen LogP contribution < -0.4 is 5.73 Å². The number of rotatable bonds is 2. The van der Waals surface area contributed by atoms with E-state index in [1.165, 1.54) is 37.1 Å². The molecule has 0 spiro atoms. The van der Waals surface area contributed by atoms with Crippen molar-refractivity contribution < 1.29 is 0 Å². The Hall–Kier alpha value is -0.570. The van der Waals surface area contributed by atoms with Gasteiger partial charge in [-0.3, -0.25) is 4.90 Å². The number of benzene rings is 1.